The summed E-state index contributed by atoms with van der Waals surface area (Å²) in [6, 6.07) is 5.50. The first-order chi connectivity index (χ1) is 8.63. The number of fused-ring (bicyclic) bond motifs is 1. The number of pyridine rings is 1. The second kappa shape index (κ2) is 5.48. The van der Waals surface area contributed by atoms with Gasteiger partial charge in [0.2, 0.25) is 0 Å². The smallest absolute Gasteiger partial charge is 0.336 e. The number of halogens is 1. The quantitative estimate of drug-likeness (QED) is 0.927. The summed E-state index contributed by atoms with van der Waals surface area (Å²) in [5.74, 6) is -0.879. The van der Waals surface area contributed by atoms with Gasteiger partial charge in [-0.15, -0.1) is 0 Å². The first-order valence-electron chi connectivity index (χ1n) is 5.94. The Balaban J connectivity index is 2.62. The Morgan fingerprint density at radius 1 is 1.44 bits per heavy atom. The van der Waals surface area contributed by atoms with Gasteiger partial charge in [0, 0.05) is 16.1 Å². The Kier molecular flexibility index (Phi) is 3.97. The molecule has 0 bridgehead atoms. The van der Waals surface area contributed by atoms with Gasteiger partial charge in [0.05, 0.1) is 11.1 Å². The van der Waals surface area contributed by atoms with E-state index in [1.165, 1.54) is 0 Å². The highest BCUT2D eigenvalue weighted by atomic mass is 79.9. The molecule has 0 spiro atoms. The number of unbranched alkanes of at least 4 members (excludes halogenated alkanes) is 1. The van der Waals surface area contributed by atoms with Crippen molar-refractivity contribution < 1.29 is 9.90 Å². The fourth-order valence-electron chi connectivity index (χ4n) is 2.02. The molecule has 1 aromatic heterocycles. The summed E-state index contributed by atoms with van der Waals surface area (Å²) < 4.78 is 0.903. The second-order valence-corrected chi connectivity index (χ2v) is 5.14. The van der Waals surface area contributed by atoms with Crippen molar-refractivity contribution in [2.75, 3.05) is 0 Å². The van der Waals surface area contributed by atoms with Crippen LogP contribution in [0.1, 0.15) is 35.7 Å². The van der Waals surface area contributed by atoms with Crippen LogP contribution in [0.3, 0.4) is 0 Å². The van der Waals surface area contributed by atoms with Crippen molar-refractivity contribution in [1.82, 2.24) is 4.98 Å². The molecule has 2 rings (SSSR count). The number of hydrogen-bond acceptors (Lipinski definition) is 2. The van der Waals surface area contributed by atoms with Gasteiger partial charge < -0.3 is 5.11 Å². The van der Waals surface area contributed by atoms with Crippen molar-refractivity contribution in [3.8, 4) is 0 Å². The summed E-state index contributed by atoms with van der Waals surface area (Å²) >= 11 is 3.37. The summed E-state index contributed by atoms with van der Waals surface area (Å²) in [6.07, 6.45) is 4.46. The zero-order valence-corrected chi connectivity index (χ0v) is 11.7. The summed E-state index contributed by atoms with van der Waals surface area (Å²) in [5, 5.41) is 10.1. The fraction of sp³-hybridized carbons (Fsp3) is 0.286. The van der Waals surface area contributed by atoms with Gasteiger partial charge in [-0.25, -0.2) is 4.79 Å². The van der Waals surface area contributed by atoms with E-state index in [4.69, 9.17) is 0 Å². The Labute approximate surface area is 114 Å². The van der Waals surface area contributed by atoms with Crippen LogP contribution in [0.15, 0.2) is 28.9 Å². The Hall–Kier alpha value is -1.42. The van der Waals surface area contributed by atoms with Crippen LogP contribution in [-0.4, -0.2) is 16.1 Å². The van der Waals surface area contributed by atoms with Crippen molar-refractivity contribution in [3.05, 3.63) is 40.0 Å². The lowest BCUT2D eigenvalue weighted by Gasteiger charge is -2.09. The van der Waals surface area contributed by atoms with Crippen LogP contribution in [-0.2, 0) is 6.42 Å². The van der Waals surface area contributed by atoms with Gasteiger partial charge in [-0.3, -0.25) is 4.98 Å². The zero-order chi connectivity index (χ0) is 13.1. The predicted octanol–water partition coefficient (Wildman–Crippen LogP) is 4.04. The average Bonchev–Trinajstić information content (AvgIpc) is 2.35. The Bertz CT molecular complexity index is 596. The molecule has 1 aromatic carbocycles. The van der Waals surface area contributed by atoms with E-state index in [1.807, 2.05) is 18.2 Å². The third kappa shape index (κ3) is 2.53. The first-order valence-corrected chi connectivity index (χ1v) is 6.73. The van der Waals surface area contributed by atoms with Crippen LogP contribution < -0.4 is 0 Å². The highest BCUT2D eigenvalue weighted by Gasteiger charge is 2.15. The van der Waals surface area contributed by atoms with E-state index in [1.54, 1.807) is 6.20 Å². The van der Waals surface area contributed by atoms with Crippen LogP contribution in [0.25, 0.3) is 10.9 Å². The van der Waals surface area contributed by atoms with Gasteiger partial charge in [-0.05, 0) is 30.5 Å². The molecule has 0 saturated heterocycles. The number of aromatic carboxylic acids is 1. The number of benzene rings is 1. The average molecular weight is 308 g/mol. The van der Waals surface area contributed by atoms with E-state index in [0.29, 0.717) is 16.5 Å². The standard InChI is InChI=1S/C14H14BrNO2/c1-2-3-4-9-8-16-12-7-10(15)5-6-11(12)13(9)14(17)18/h5-8H,2-4H2,1H3,(H,17,18). The summed E-state index contributed by atoms with van der Waals surface area (Å²) in [6.45, 7) is 2.09. The fourth-order valence-corrected chi connectivity index (χ4v) is 2.37. The molecule has 1 N–H and O–H groups in total. The van der Waals surface area contributed by atoms with Crippen molar-refractivity contribution in [2.45, 2.75) is 26.2 Å². The first kappa shape index (κ1) is 13.0. The topological polar surface area (TPSA) is 50.2 Å². The third-order valence-corrected chi connectivity index (χ3v) is 3.42. The molecule has 4 heteroatoms. The van der Waals surface area contributed by atoms with Crippen LogP contribution in [0.2, 0.25) is 0 Å². The molecule has 18 heavy (non-hydrogen) atoms. The van der Waals surface area contributed by atoms with E-state index in [-0.39, 0.29) is 0 Å². The number of rotatable bonds is 4. The van der Waals surface area contributed by atoms with Crippen molar-refractivity contribution in [2.24, 2.45) is 0 Å². The maximum atomic E-state index is 11.4. The van der Waals surface area contributed by atoms with Crippen molar-refractivity contribution in [1.29, 1.82) is 0 Å². The monoisotopic (exact) mass is 307 g/mol. The van der Waals surface area contributed by atoms with Crippen LogP contribution in [0, 0.1) is 0 Å². The number of nitrogens with zero attached hydrogens (tertiary/aromatic N) is 1. The highest BCUT2D eigenvalue weighted by molar-refractivity contribution is 9.10. The molecule has 0 amide bonds. The molecule has 3 nitrogen and oxygen atoms in total. The molecule has 0 aliphatic carbocycles. The summed E-state index contributed by atoms with van der Waals surface area (Å²) in [7, 11) is 0. The largest absolute Gasteiger partial charge is 0.478 e. The Morgan fingerprint density at radius 2 is 2.22 bits per heavy atom. The zero-order valence-electron chi connectivity index (χ0n) is 10.1. The lowest BCUT2D eigenvalue weighted by atomic mass is 10.00. The molecule has 1 heterocycles. The maximum Gasteiger partial charge on any atom is 0.336 e. The molecule has 0 aliphatic rings. The van der Waals surface area contributed by atoms with E-state index in [0.717, 1.165) is 29.3 Å². The minimum absolute atomic E-state index is 0.390. The number of hydrogen-bond donors (Lipinski definition) is 1. The number of aromatic nitrogens is 1. The normalized spacial score (nSPS) is 10.8. The minimum atomic E-state index is -0.879. The van der Waals surface area contributed by atoms with Gasteiger partial charge in [-0.1, -0.05) is 35.3 Å². The van der Waals surface area contributed by atoms with Crippen LogP contribution in [0.4, 0.5) is 0 Å². The van der Waals surface area contributed by atoms with E-state index < -0.39 is 5.97 Å². The lowest BCUT2D eigenvalue weighted by molar-refractivity contribution is 0.0697. The number of carbonyl (C=O) groups is 1. The van der Waals surface area contributed by atoms with E-state index >= 15 is 0 Å². The van der Waals surface area contributed by atoms with Gasteiger partial charge >= 0.3 is 5.97 Å². The summed E-state index contributed by atoms with van der Waals surface area (Å²) in [4.78, 5) is 15.8. The molecule has 94 valence electrons. The highest BCUT2D eigenvalue weighted by Crippen LogP contribution is 2.24. The molecular weight excluding hydrogens is 294 g/mol. The number of aryl methyl sites for hydroxylation is 1. The van der Waals surface area contributed by atoms with E-state index in [2.05, 4.69) is 27.8 Å². The predicted molar refractivity (Wildman–Crippen MR) is 75.0 cm³/mol. The lowest BCUT2D eigenvalue weighted by Crippen LogP contribution is -2.05. The van der Waals surface area contributed by atoms with Crippen molar-refractivity contribution >= 4 is 32.8 Å². The van der Waals surface area contributed by atoms with Gasteiger partial charge in [0.25, 0.3) is 0 Å². The van der Waals surface area contributed by atoms with Gasteiger partial charge in [0.15, 0.2) is 0 Å². The molecule has 0 atom stereocenters. The molecule has 2 aromatic rings. The number of carboxylic acid groups (broad SMARTS) is 1. The van der Waals surface area contributed by atoms with Gasteiger partial charge in [-0.2, -0.15) is 0 Å². The molecule has 0 fully saturated rings. The molecular formula is C14H14BrNO2. The van der Waals surface area contributed by atoms with Crippen LogP contribution >= 0.6 is 15.9 Å². The molecule has 0 aliphatic heterocycles. The SMILES string of the molecule is CCCCc1cnc2cc(Br)ccc2c1C(=O)O. The van der Waals surface area contributed by atoms with E-state index in [9.17, 15) is 9.90 Å². The Morgan fingerprint density at radius 3 is 2.89 bits per heavy atom. The second-order valence-electron chi connectivity index (χ2n) is 4.23. The van der Waals surface area contributed by atoms with Crippen molar-refractivity contribution in [3.63, 3.8) is 0 Å². The van der Waals surface area contributed by atoms with Crippen LogP contribution in [0.5, 0.6) is 0 Å². The third-order valence-electron chi connectivity index (χ3n) is 2.92. The summed E-state index contributed by atoms with van der Waals surface area (Å²) in [5.41, 5.74) is 1.92. The number of carboxylic acids is 1. The maximum absolute atomic E-state index is 11.4. The molecule has 0 unspecified atom stereocenters. The van der Waals surface area contributed by atoms with Gasteiger partial charge in [0.1, 0.15) is 0 Å². The minimum Gasteiger partial charge on any atom is -0.478 e. The molecule has 0 saturated carbocycles. The molecule has 0 radical (unpaired) electrons.